The SMILES string of the molecule is CCC(C)C(C)Nc1ccc(C#N)c(Br)c1. The third-order valence-corrected chi connectivity index (χ3v) is 3.64. The molecule has 2 atom stereocenters. The van der Waals surface area contributed by atoms with Crippen LogP contribution in [0.25, 0.3) is 0 Å². The maximum atomic E-state index is 8.82. The van der Waals surface area contributed by atoms with Crippen LogP contribution in [0.15, 0.2) is 22.7 Å². The molecule has 0 spiro atoms. The smallest absolute Gasteiger partial charge is 0.100 e. The molecule has 1 aromatic rings. The number of halogens is 1. The quantitative estimate of drug-likeness (QED) is 0.899. The molecule has 0 fully saturated rings. The second-order valence-corrected chi connectivity index (χ2v) is 4.98. The third-order valence-electron chi connectivity index (χ3n) is 2.98. The van der Waals surface area contributed by atoms with E-state index in [1.807, 2.05) is 18.2 Å². The van der Waals surface area contributed by atoms with Gasteiger partial charge in [-0.05, 0) is 47.0 Å². The average Bonchev–Trinajstić information content (AvgIpc) is 2.28. The summed E-state index contributed by atoms with van der Waals surface area (Å²) in [5.41, 5.74) is 1.72. The minimum atomic E-state index is 0.435. The highest BCUT2D eigenvalue weighted by atomic mass is 79.9. The molecule has 1 rings (SSSR count). The van der Waals surface area contributed by atoms with Crippen LogP contribution < -0.4 is 5.32 Å². The van der Waals surface area contributed by atoms with E-state index in [0.717, 1.165) is 16.6 Å². The Morgan fingerprint density at radius 1 is 1.44 bits per heavy atom. The average molecular weight is 281 g/mol. The first-order valence-corrected chi connectivity index (χ1v) is 6.34. The summed E-state index contributed by atoms with van der Waals surface area (Å²) in [5, 5.41) is 12.3. The minimum Gasteiger partial charge on any atom is -0.382 e. The summed E-state index contributed by atoms with van der Waals surface area (Å²) in [6.45, 7) is 6.61. The number of anilines is 1. The van der Waals surface area contributed by atoms with Gasteiger partial charge in [0.2, 0.25) is 0 Å². The van der Waals surface area contributed by atoms with Crippen molar-refractivity contribution >= 4 is 21.6 Å². The van der Waals surface area contributed by atoms with E-state index in [9.17, 15) is 0 Å². The van der Waals surface area contributed by atoms with E-state index in [0.29, 0.717) is 17.5 Å². The van der Waals surface area contributed by atoms with E-state index in [-0.39, 0.29) is 0 Å². The second kappa shape index (κ2) is 5.91. The van der Waals surface area contributed by atoms with Gasteiger partial charge in [0.25, 0.3) is 0 Å². The molecule has 0 saturated carbocycles. The molecule has 0 amide bonds. The van der Waals surface area contributed by atoms with E-state index < -0.39 is 0 Å². The highest BCUT2D eigenvalue weighted by Gasteiger charge is 2.10. The molecular formula is C13H17BrN2. The van der Waals surface area contributed by atoms with Crippen molar-refractivity contribution in [2.75, 3.05) is 5.32 Å². The van der Waals surface area contributed by atoms with E-state index >= 15 is 0 Å². The normalized spacial score (nSPS) is 13.9. The van der Waals surface area contributed by atoms with E-state index in [2.05, 4.69) is 48.1 Å². The van der Waals surface area contributed by atoms with Crippen molar-refractivity contribution in [2.24, 2.45) is 5.92 Å². The first kappa shape index (κ1) is 13.1. The van der Waals surface area contributed by atoms with Crippen LogP contribution in [0.5, 0.6) is 0 Å². The first-order valence-electron chi connectivity index (χ1n) is 5.54. The third kappa shape index (κ3) is 3.24. The molecule has 2 nitrogen and oxygen atoms in total. The highest BCUT2D eigenvalue weighted by molar-refractivity contribution is 9.10. The summed E-state index contributed by atoms with van der Waals surface area (Å²) in [7, 11) is 0. The molecule has 0 aromatic heterocycles. The van der Waals surface area contributed by atoms with Gasteiger partial charge in [0.05, 0.1) is 5.56 Å². The van der Waals surface area contributed by atoms with Gasteiger partial charge >= 0.3 is 0 Å². The summed E-state index contributed by atoms with van der Waals surface area (Å²) in [5.74, 6) is 0.634. The van der Waals surface area contributed by atoms with Crippen molar-refractivity contribution in [3.8, 4) is 6.07 Å². The predicted molar refractivity (Wildman–Crippen MR) is 71.4 cm³/mol. The van der Waals surface area contributed by atoms with Crippen molar-refractivity contribution in [2.45, 2.75) is 33.2 Å². The number of hydrogen-bond acceptors (Lipinski definition) is 2. The van der Waals surface area contributed by atoms with Crippen LogP contribution in [-0.4, -0.2) is 6.04 Å². The predicted octanol–water partition coefficient (Wildman–Crippen LogP) is 4.17. The molecule has 86 valence electrons. The summed E-state index contributed by atoms with van der Waals surface area (Å²) in [4.78, 5) is 0. The van der Waals surface area contributed by atoms with Gasteiger partial charge < -0.3 is 5.32 Å². The lowest BCUT2D eigenvalue weighted by molar-refractivity contribution is 0.494. The number of nitrogens with zero attached hydrogens (tertiary/aromatic N) is 1. The fourth-order valence-corrected chi connectivity index (χ4v) is 1.92. The number of rotatable bonds is 4. The monoisotopic (exact) mass is 280 g/mol. The van der Waals surface area contributed by atoms with Gasteiger partial charge in [-0.15, -0.1) is 0 Å². The molecule has 1 aromatic carbocycles. The molecule has 0 aliphatic carbocycles. The van der Waals surface area contributed by atoms with Crippen molar-refractivity contribution in [3.63, 3.8) is 0 Å². The van der Waals surface area contributed by atoms with Gasteiger partial charge in [-0.1, -0.05) is 20.3 Å². The van der Waals surface area contributed by atoms with Crippen LogP contribution >= 0.6 is 15.9 Å². The molecule has 0 aliphatic heterocycles. The van der Waals surface area contributed by atoms with Crippen LogP contribution in [0.1, 0.15) is 32.8 Å². The number of nitrogens with one attached hydrogen (secondary N) is 1. The standard InChI is InChI=1S/C13H17BrN2/c1-4-9(2)10(3)16-12-6-5-11(8-15)13(14)7-12/h5-7,9-10,16H,4H2,1-3H3. The lowest BCUT2D eigenvalue weighted by Gasteiger charge is -2.21. The molecule has 2 unspecified atom stereocenters. The van der Waals surface area contributed by atoms with Crippen molar-refractivity contribution in [3.05, 3.63) is 28.2 Å². The van der Waals surface area contributed by atoms with Gasteiger partial charge in [0, 0.05) is 16.2 Å². The number of nitriles is 1. The van der Waals surface area contributed by atoms with E-state index in [1.54, 1.807) is 0 Å². The maximum Gasteiger partial charge on any atom is 0.100 e. The van der Waals surface area contributed by atoms with Crippen LogP contribution in [0.3, 0.4) is 0 Å². The van der Waals surface area contributed by atoms with Gasteiger partial charge in [-0.3, -0.25) is 0 Å². The van der Waals surface area contributed by atoms with Crippen molar-refractivity contribution < 1.29 is 0 Å². The summed E-state index contributed by atoms with van der Waals surface area (Å²) in [6.07, 6.45) is 1.16. The summed E-state index contributed by atoms with van der Waals surface area (Å²) in [6, 6.07) is 8.30. The Morgan fingerprint density at radius 2 is 2.12 bits per heavy atom. The van der Waals surface area contributed by atoms with Crippen molar-refractivity contribution in [1.82, 2.24) is 0 Å². The van der Waals surface area contributed by atoms with Crippen LogP contribution in [0, 0.1) is 17.2 Å². The van der Waals surface area contributed by atoms with E-state index in [4.69, 9.17) is 5.26 Å². The Balaban J connectivity index is 2.76. The lowest BCUT2D eigenvalue weighted by Crippen LogP contribution is -2.23. The van der Waals surface area contributed by atoms with Crippen LogP contribution in [0.4, 0.5) is 5.69 Å². The molecule has 0 saturated heterocycles. The molecule has 16 heavy (non-hydrogen) atoms. The molecule has 0 aliphatic rings. The largest absolute Gasteiger partial charge is 0.382 e. The molecule has 0 heterocycles. The summed E-state index contributed by atoms with van der Waals surface area (Å²) < 4.78 is 0.844. The zero-order chi connectivity index (χ0) is 12.1. The molecule has 0 radical (unpaired) electrons. The minimum absolute atomic E-state index is 0.435. The maximum absolute atomic E-state index is 8.82. The zero-order valence-corrected chi connectivity index (χ0v) is 11.5. The number of benzene rings is 1. The van der Waals surface area contributed by atoms with E-state index in [1.165, 1.54) is 0 Å². The molecular weight excluding hydrogens is 264 g/mol. The fourth-order valence-electron chi connectivity index (χ4n) is 1.45. The van der Waals surface area contributed by atoms with Crippen LogP contribution in [-0.2, 0) is 0 Å². The topological polar surface area (TPSA) is 35.8 Å². The zero-order valence-electron chi connectivity index (χ0n) is 9.92. The van der Waals surface area contributed by atoms with Gasteiger partial charge in [-0.25, -0.2) is 0 Å². The first-order chi connectivity index (χ1) is 7.58. The Hall–Kier alpha value is -1.01. The lowest BCUT2D eigenvalue weighted by atomic mass is 10.0. The molecule has 0 bridgehead atoms. The Morgan fingerprint density at radius 3 is 2.62 bits per heavy atom. The van der Waals surface area contributed by atoms with Gasteiger partial charge in [0.1, 0.15) is 6.07 Å². The Labute approximate surface area is 106 Å². The molecule has 1 N–H and O–H groups in total. The Kier molecular flexibility index (Phi) is 4.82. The highest BCUT2D eigenvalue weighted by Crippen LogP contribution is 2.22. The van der Waals surface area contributed by atoms with Gasteiger partial charge in [0.15, 0.2) is 0 Å². The second-order valence-electron chi connectivity index (χ2n) is 4.12. The van der Waals surface area contributed by atoms with Gasteiger partial charge in [-0.2, -0.15) is 5.26 Å². The van der Waals surface area contributed by atoms with Crippen LogP contribution in [0.2, 0.25) is 0 Å². The Bertz CT molecular complexity index is 395. The number of hydrogen-bond donors (Lipinski definition) is 1. The fraction of sp³-hybridized carbons (Fsp3) is 0.462. The molecule has 3 heteroatoms. The van der Waals surface area contributed by atoms with Crippen molar-refractivity contribution in [1.29, 1.82) is 5.26 Å². The summed E-state index contributed by atoms with van der Waals surface area (Å²) >= 11 is 3.39.